The number of aryl methyl sites for hydroxylation is 1. The highest BCUT2D eigenvalue weighted by Gasteiger charge is 2.41. The number of aliphatic hydroxyl groups is 2. The van der Waals surface area contributed by atoms with Crippen molar-refractivity contribution in [2.24, 2.45) is 17.3 Å². The van der Waals surface area contributed by atoms with Crippen LogP contribution in [0.1, 0.15) is 129 Å². The Kier molecular flexibility index (Phi) is 23.8. The SMILES string of the molecule is CC(C)OC(=O)CCC/C=C\C[C@@H]1[C@@H](CC[C@H](CCc2ccccc2)OC(=O)OCC(C)(COC(=O)COC2CCC#CC(F)(F)CC2)COC(=O)COC2CCC#CC(F)(F)CC2)[C@@H](O)C[C@@H]1O. The van der Waals surface area contributed by atoms with Crippen LogP contribution in [0.2, 0.25) is 0 Å². The van der Waals surface area contributed by atoms with Gasteiger partial charge in [-0.25, -0.2) is 14.4 Å². The number of benzene rings is 1. The number of hydrogen-bond acceptors (Lipinski definition) is 13. The first kappa shape index (κ1) is 56.9. The highest BCUT2D eigenvalue weighted by molar-refractivity contribution is 5.71. The Morgan fingerprint density at radius 3 is 1.90 bits per heavy atom. The molecular weight excluding hydrogens is 909 g/mol. The maximum atomic E-state index is 13.9. The van der Waals surface area contributed by atoms with E-state index in [0.717, 1.165) is 5.56 Å². The lowest BCUT2D eigenvalue weighted by atomic mass is 9.85. The summed E-state index contributed by atoms with van der Waals surface area (Å²) in [6, 6.07) is 9.57. The molecule has 0 aliphatic heterocycles. The van der Waals surface area contributed by atoms with E-state index in [1.807, 2.05) is 54.3 Å². The molecule has 2 unspecified atom stereocenters. The lowest BCUT2D eigenvalue weighted by Crippen LogP contribution is -2.38. The van der Waals surface area contributed by atoms with Crippen LogP contribution < -0.4 is 0 Å². The summed E-state index contributed by atoms with van der Waals surface area (Å²) in [5, 5.41) is 21.9. The van der Waals surface area contributed by atoms with Crippen LogP contribution in [0.4, 0.5) is 22.4 Å². The van der Waals surface area contributed by atoms with Crippen molar-refractivity contribution in [3.05, 3.63) is 48.0 Å². The van der Waals surface area contributed by atoms with E-state index in [1.54, 1.807) is 13.8 Å². The Hall–Kier alpha value is -4.68. The van der Waals surface area contributed by atoms with Gasteiger partial charge in [0.05, 0.1) is 35.9 Å². The molecule has 0 amide bonds. The minimum Gasteiger partial charge on any atom is -0.463 e. The lowest BCUT2D eigenvalue weighted by Gasteiger charge is -2.29. The van der Waals surface area contributed by atoms with Crippen LogP contribution >= 0.6 is 0 Å². The van der Waals surface area contributed by atoms with Gasteiger partial charge in [0.25, 0.3) is 0 Å². The van der Waals surface area contributed by atoms with Gasteiger partial charge in [-0.1, -0.05) is 54.3 Å². The monoisotopic (exact) mass is 978 g/mol. The van der Waals surface area contributed by atoms with Crippen LogP contribution in [0.3, 0.4) is 0 Å². The third kappa shape index (κ3) is 22.7. The minimum atomic E-state index is -3.16. The zero-order valence-corrected chi connectivity index (χ0v) is 40.1. The van der Waals surface area contributed by atoms with E-state index >= 15 is 0 Å². The maximum Gasteiger partial charge on any atom is 0.508 e. The van der Waals surface area contributed by atoms with Gasteiger partial charge in [0.15, 0.2) is 0 Å². The van der Waals surface area contributed by atoms with Crippen LogP contribution in [-0.2, 0) is 54.0 Å². The summed E-state index contributed by atoms with van der Waals surface area (Å²) in [6.45, 7) is 2.64. The predicted molar refractivity (Wildman–Crippen MR) is 245 cm³/mol. The average Bonchev–Trinajstić information content (AvgIpc) is 3.56. The first-order valence-corrected chi connectivity index (χ1v) is 24.2. The molecule has 3 aliphatic rings. The molecule has 0 radical (unpaired) electrons. The van der Waals surface area contributed by atoms with Crippen molar-refractivity contribution in [3.8, 4) is 23.7 Å². The predicted octanol–water partition coefficient (Wildman–Crippen LogP) is 8.64. The average molecular weight is 979 g/mol. The van der Waals surface area contributed by atoms with Crippen molar-refractivity contribution < 1.29 is 80.1 Å². The number of aliphatic hydroxyl groups excluding tert-OH is 2. The summed E-state index contributed by atoms with van der Waals surface area (Å²) in [5.41, 5.74) is -0.357. The van der Waals surface area contributed by atoms with Crippen LogP contribution in [0.25, 0.3) is 0 Å². The quantitative estimate of drug-likeness (QED) is 0.0226. The van der Waals surface area contributed by atoms with Gasteiger partial charge in [0.1, 0.15) is 39.1 Å². The summed E-state index contributed by atoms with van der Waals surface area (Å²) < 4.78 is 94.4. The van der Waals surface area contributed by atoms with Crippen molar-refractivity contribution in [2.75, 3.05) is 33.0 Å². The van der Waals surface area contributed by atoms with Crippen LogP contribution in [-0.4, -0.2) is 116 Å². The fraction of sp³-hybridized carbons (Fsp3) is 0.692. The van der Waals surface area contributed by atoms with Gasteiger partial charge in [-0.2, -0.15) is 17.6 Å². The molecule has 4 rings (SSSR count). The zero-order chi connectivity index (χ0) is 50.3. The standard InChI is InChI=1S/C52H70F4O13/c1-37(2)68-46(59)20-10-5-4-9-19-42-43(45(58)31-44(42)57)24-23-41(22-21-38-15-7-6-8-16-38)69-49(62)67-36-50(3,34-65-47(60)32-63-39-17-11-13-27-51(53,54)29-25-39)35-66-48(61)33-64-40-18-12-14-28-52(55,56)30-26-40/h4,6-9,15-16,37,39-45,57-58H,5,10-12,17-26,29-36H2,1-3H3/b9-4-/t39?,40?,41-,42+,43+,44-,45-,50?/m0/s1. The number of carbonyl (C=O) groups is 4. The van der Waals surface area contributed by atoms with Crippen LogP contribution in [0, 0.1) is 40.9 Å². The molecule has 1 saturated carbocycles. The molecule has 13 nitrogen and oxygen atoms in total. The topological polar surface area (TPSA) is 173 Å². The minimum absolute atomic E-state index is 0.0225. The third-order valence-electron chi connectivity index (χ3n) is 12.3. The molecule has 1 fully saturated rings. The number of esters is 3. The second-order valence-corrected chi connectivity index (χ2v) is 18.9. The van der Waals surface area contributed by atoms with Crippen LogP contribution in [0.15, 0.2) is 42.5 Å². The Morgan fingerprint density at radius 1 is 0.754 bits per heavy atom. The third-order valence-corrected chi connectivity index (χ3v) is 12.3. The van der Waals surface area contributed by atoms with E-state index < -0.39 is 112 Å². The first-order valence-electron chi connectivity index (χ1n) is 24.2. The Balaban J connectivity index is 1.37. The largest absolute Gasteiger partial charge is 0.508 e. The number of carbonyl (C=O) groups excluding carboxylic acids is 4. The smallest absolute Gasteiger partial charge is 0.463 e. The molecule has 0 saturated heterocycles. The number of alkyl halides is 4. The molecule has 0 spiro atoms. The summed E-state index contributed by atoms with van der Waals surface area (Å²) in [5.74, 6) is -0.0958. The number of ether oxygens (including phenoxy) is 7. The van der Waals surface area contributed by atoms with Crippen molar-refractivity contribution in [1.29, 1.82) is 0 Å². The molecule has 69 heavy (non-hydrogen) atoms. The van der Waals surface area contributed by atoms with E-state index in [9.17, 15) is 47.0 Å². The molecule has 1 aromatic carbocycles. The van der Waals surface area contributed by atoms with E-state index in [0.29, 0.717) is 64.2 Å². The number of hydrogen-bond donors (Lipinski definition) is 2. The van der Waals surface area contributed by atoms with Gasteiger partial charge in [-0.3, -0.25) is 4.79 Å². The number of allylic oxidation sites excluding steroid dienone is 2. The fourth-order valence-corrected chi connectivity index (χ4v) is 8.35. The molecule has 17 heteroatoms. The van der Waals surface area contributed by atoms with E-state index in [-0.39, 0.29) is 56.0 Å². The zero-order valence-electron chi connectivity index (χ0n) is 40.1. The van der Waals surface area contributed by atoms with Crippen LogP contribution in [0.5, 0.6) is 0 Å². The van der Waals surface area contributed by atoms with Crippen molar-refractivity contribution in [2.45, 2.75) is 178 Å². The first-order chi connectivity index (χ1) is 32.8. The Morgan fingerprint density at radius 2 is 1.32 bits per heavy atom. The summed E-state index contributed by atoms with van der Waals surface area (Å²) in [4.78, 5) is 51.2. The summed E-state index contributed by atoms with van der Waals surface area (Å²) in [6.07, 6.45) is 3.04. The van der Waals surface area contributed by atoms with E-state index in [2.05, 4.69) is 11.8 Å². The summed E-state index contributed by atoms with van der Waals surface area (Å²) >= 11 is 0. The molecule has 2 N–H and O–H groups in total. The fourth-order valence-electron chi connectivity index (χ4n) is 8.35. The number of unbranched alkanes of at least 4 members (excludes halogenated alkanes) is 1. The normalized spacial score (nSPS) is 24.4. The highest BCUT2D eigenvalue weighted by atomic mass is 19.3. The molecule has 0 bridgehead atoms. The molecule has 7 atom stereocenters. The van der Waals surface area contributed by atoms with Gasteiger partial charge < -0.3 is 43.4 Å². The second kappa shape index (κ2) is 28.9. The maximum absolute atomic E-state index is 13.9. The van der Waals surface area contributed by atoms with Crippen molar-refractivity contribution in [3.63, 3.8) is 0 Å². The highest BCUT2D eigenvalue weighted by Crippen LogP contribution is 2.39. The summed E-state index contributed by atoms with van der Waals surface area (Å²) in [7, 11) is 0. The molecular formula is C52H70F4O13. The number of halogens is 4. The van der Waals surface area contributed by atoms with Gasteiger partial charge >= 0.3 is 35.9 Å². The molecule has 3 aliphatic carbocycles. The van der Waals surface area contributed by atoms with Gasteiger partial charge in [-0.05, 0) is 127 Å². The van der Waals surface area contributed by atoms with Gasteiger partial charge in [0, 0.05) is 32.1 Å². The van der Waals surface area contributed by atoms with E-state index in [1.165, 1.54) is 6.92 Å². The molecule has 384 valence electrons. The van der Waals surface area contributed by atoms with Gasteiger partial charge in [-0.15, -0.1) is 0 Å². The second-order valence-electron chi connectivity index (χ2n) is 18.9. The van der Waals surface area contributed by atoms with E-state index in [4.69, 9.17) is 33.2 Å². The number of rotatable bonds is 26. The molecule has 0 heterocycles. The Bertz CT molecular complexity index is 1850. The van der Waals surface area contributed by atoms with Crippen molar-refractivity contribution in [1.82, 2.24) is 0 Å². The van der Waals surface area contributed by atoms with Gasteiger partial charge in [0.2, 0.25) is 0 Å². The molecule has 0 aromatic heterocycles. The lowest BCUT2D eigenvalue weighted by molar-refractivity contribution is -0.163. The van der Waals surface area contributed by atoms with Crippen molar-refractivity contribution >= 4 is 24.1 Å². The Labute approximate surface area is 403 Å². The molecule has 1 aromatic rings.